The van der Waals surface area contributed by atoms with E-state index in [1.807, 2.05) is 0 Å². The van der Waals surface area contributed by atoms with Gasteiger partial charge in [0.2, 0.25) is 0 Å². The number of carbonyl (C=O) groups is 1. The van der Waals surface area contributed by atoms with E-state index in [9.17, 15) is 9.90 Å². The average Bonchev–Trinajstić information content (AvgIpc) is 2.10. The van der Waals surface area contributed by atoms with E-state index in [2.05, 4.69) is 12.2 Å². The molecule has 3 heteroatoms. The number of carboxylic acids is 1. The smallest absolute Gasteiger partial charge is 0.327 e. The quantitative estimate of drug-likeness (QED) is 0.522. The number of aliphatic hydroxyl groups is 1. The Bertz CT molecular complexity index is 243. The lowest BCUT2D eigenvalue weighted by Crippen LogP contribution is -2.19. The molecule has 0 aromatic rings. The highest BCUT2D eigenvalue weighted by Gasteiger charge is 2.16. The summed E-state index contributed by atoms with van der Waals surface area (Å²) in [7, 11) is 0. The summed E-state index contributed by atoms with van der Waals surface area (Å²) >= 11 is 0. The molecule has 2 unspecified atom stereocenters. The molecule has 0 saturated carbocycles. The van der Waals surface area contributed by atoms with Crippen molar-refractivity contribution >= 4 is 5.97 Å². The topological polar surface area (TPSA) is 57.5 Å². The summed E-state index contributed by atoms with van der Waals surface area (Å²) in [5, 5.41) is 18.2. The van der Waals surface area contributed by atoms with Crippen LogP contribution in [0.2, 0.25) is 0 Å². The molecule has 1 aliphatic rings. The molecular weight excluding hydrogens is 180 g/mol. The summed E-state index contributed by atoms with van der Waals surface area (Å²) in [6.07, 6.45) is 9.80. The molecule has 0 amide bonds. The van der Waals surface area contributed by atoms with E-state index in [0.717, 1.165) is 25.3 Å². The number of hydrogen-bond acceptors (Lipinski definition) is 2. The van der Waals surface area contributed by atoms with E-state index >= 15 is 0 Å². The van der Waals surface area contributed by atoms with Crippen molar-refractivity contribution in [3.63, 3.8) is 0 Å². The van der Waals surface area contributed by atoms with Crippen LogP contribution in [-0.4, -0.2) is 22.3 Å². The van der Waals surface area contributed by atoms with Gasteiger partial charge in [0.15, 0.2) is 0 Å². The molecule has 0 spiro atoms. The fourth-order valence-corrected chi connectivity index (χ4v) is 1.63. The zero-order valence-electron chi connectivity index (χ0n) is 8.10. The lowest BCUT2D eigenvalue weighted by atomic mass is 9.91. The molecule has 0 bridgehead atoms. The van der Waals surface area contributed by atoms with Crippen LogP contribution in [0, 0.1) is 5.92 Å². The maximum absolute atomic E-state index is 10.3. The summed E-state index contributed by atoms with van der Waals surface area (Å²) in [6.45, 7) is 0. The Balaban J connectivity index is 2.55. The van der Waals surface area contributed by atoms with E-state index in [1.54, 1.807) is 6.08 Å². The first-order chi connectivity index (χ1) is 6.70. The molecule has 0 aromatic carbocycles. The van der Waals surface area contributed by atoms with Gasteiger partial charge < -0.3 is 10.2 Å². The standard InChI is InChI=1S/C11H16O3/c12-10-6-4-2-1-3-5-9(10)7-8-11(13)14/h1-2,7-10,12H,3-6H2,(H,13,14)/b2-1-,8-7?. The molecule has 0 aliphatic heterocycles. The molecule has 3 nitrogen and oxygen atoms in total. The third-order valence-corrected chi connectivity index (χ3v) is 2.44. The second-order valence-electron chi connectivity index (χ2n) is 3.55. The molecule has 2 N–H and O–H groups in total. The maximum atomic E-state index is 10.3. The summed E-state index contributed by atoms with van der Waals surface area (Å²) in [4.78, 5) is 10.3. The Morgan fingerprint density at radius 2 is 1.93 bits per heavy atom. The van der Waals surface area contributed by atoms with E-state index in [4.69, 9.17) is 5.11 Å². The third-order valence-electron chi connectivity index (χ3n) is 2.44. The first-order valence-electron chi connectivity index (χ1n) is 4.94. The van der Waals surface area contributed by atoms with E-state index < -0.39 is 12.1 Å². The molecule has 0 radical (unpaired) electrons. The van der Waals surface area contributed by atoms with Crippen LogP contribution < -0.4 is 0 Å². The number of hydrogen-bond donors (Lipinski definition) is 2. The zero-order valence-corrected chi connectivity index (χ0v) is 8.10. The lowest BCUT2D eigenvalue weighted by molar-refractivity contribution is -0.131. The second-order valence-corrected chi connectivity index (χ2v) is 3.55. The summed E-state index contributed by atoms with van der Waals surface area (Å²) in [5.41, 5.74) is 0. The van der Waals surface area contributed by atoms with Crippen LogP contribution in [0.1, 0.15) is 25.7 Å². The summed E-state index contributed by atoms with van der Waals surface area (Å²) in [6, 6.07) is 0. The van der Waals surface area contributed by atoms with Crippen LogP contribution in [0.3, 0.4) is 0 Å². The Kier molecular flexibility index (Phi) is 4.40. The van der Waals surface area contributed by atoms with Gasteiger partial charge in [-0.2, -0.15) is 0 Å². The SMILES string of the molecule is O=C(O)C=CC1CC/C=C\CCC1O. The molecule has 0 fully saturated rings. The molecular formula is C11H16O3. The van der Waals surface area contributed by atoms with Crippen LogP contribution in [0.5, 0.6) is 0 Å². The van der Waals surface area contributed by atoms with Gasteiger partial charge in [0, 0.05) is 12.0 Å². The lowest BCUT2D eigenvalue weighted by Gasteiger charge is -2.20. The largest absolute Gasteiger partial charge is 0.478 e. The van der Waals surface area contributed by atoms with E-state index in [0.29, 0.717) is 6.42 Å². The van der Waals surface area contributed by atoms with Gasteiger partial charge in [-0.25, -0.2) is 4.79 Å². The normalized spacial score (nSPS) is 30.9. The van der Waals surface area contributed by atoms with Crippen LogP contribution >= 0.6 is 0 Å². The van der Waals surface area contributed by atoms with Crippen LogP contribution in [0.4, 0.5) is 0 Å². The van der Waals surface area contributed by atoms with Crippen molar-refractivity contribution in [1.29, 1.82) is 0 Å². The monoisotopic (exact) mass is 196 g/mol. The molecule has 1 aliphatic carbocycles. The predicted molar refractivity (Wildman–Crippen MR) is 53.9 cm³/mol. The predicted octanol–water partition coefficient (Wildman–Crippen LogP) is 1.73. The van der Waals surface area contributed by atoms with Gasteiger partial charge in [-0.05, 0) is 25.7 Å². The van der Waals surface area contributed by atoms with Gasteiger partial charge in [0.1, 0.15) is 0 Å². The first-order valence-corrected chi connectivity index (χ1v) is 4.94. The molecule has 2 atom stereocenters. The average molecular weight is 196 g/mol. The minimum Gasteiger partial charge on any atom is -0.478 e. The van der Waals surface area contributed by atoms with Gasteiger partial charge in [-0.3, -0.25) is 0 Å². The van der Waals surface area contributed by atoms with Crippen molar-refractivity contribution < 1.29 is 15.0 Å². The summed E-state index contributed by atoms with van der Waals surface area (Å²) < 4.78 is 0. The van der Waals surface area contributed by atoms with Gasteiger partial charge in [0.25, 0.3) is 0 Å². The Hall–Kier alpha value is -1.09. The number of aliphatic carboxylic acids is 1. The van der Waals surface area contributed by atoms with Crippen molar-refractivity contribution in [3.8, 4) is 0 Å². The fraction of sp³-hybridized carbons (Fsp3) is 0.545. The molecule has 14 heavy (non-hydrogen) atoms. The minimum absolute atomic E-state index is 0.0175. The Labute approximate surface area is 83.8 Å². The Morgan fingerprint density at radius 3 is 2.57 bits per heavy atom. The van der Waals surface area contributed by atoms with Crippen LogP contribution in [0.15, 0.2) is 24.3 Å². The molecule has 1 rings (SSSR count). The fourth-order valence-electron chi connectivity index (χ4n) is 1.63. The van der Waals surface area contributed by atoms with Crippen molar-refractivity contribution in [3.05, 3.63) is 24.3 Å². The number of allylic oxidation sites excluding steroid dienone is 2. The van der Waals surface area contributed by atoms with Crippen molar-refractivity contribution in [2.45, 2.75) is 31.8 Å². The van der Waals surface area contributed by atoms with Crippen LogP contribution in [-0.2, 0) is 4.79 Å². The molecule has 0 saturated heterocycles. The van der Waals surface area contributed by atoms with Crippen molar-refractivity contribution in [2.24, 2.45) is 5.92 Å². The number of aliphatic hydroxyl groups excluding tert-OH is 1. The summed E-state index contributed by atoms with van der Waals surface area (Å²) in [5.74, 6) is -0.967. The Morgan fingerprint density at radius 1 is 1.29 bits per heavy atom. The molecule has 78 valence electrons. The van der Waals surface area contributed by atoms with E-state index in [1.165, 1.54) is 0 Å². The minimum atomic E-state index is -0.949. The van der Waals surface area contributed by atoms with Gasteiger partial charge in [-0.1, -0.05) is 18.2 Å². The van der Waals surface area contributed by atoms with Crippen molar-refractivity contribution in [1.82, 2.24) is 0 Å². The maximum Gasteiger partial charge on any atom is 0.327 e. The highest BCUT2D eigenvalue weighted by atomic mass is 16.4. The molecule has 0 heterocycles. The molecule has 0 aromatic heterocycles. The highest BCUT2D eigenvalue weighted by molar-refractivity contribution is 5.79. The number of carboxylic acid groups (broad SMARTS) is 1. The number of rotatable bonds is 2. The van der Waals surface area contributed by atoms with Crippen LogP contribution in [0.25, 0.3) is 0 Å². The van der Waals surface area contributed by atoms with Crippen molar-refractivity contribution in [2.75, 3.05) is 0 Å². The third kappa shape index (κ3) is 3.75. The van der Waals surface area contributed by atoms with Gasteiger partial charge >= 0.3 is 5.97 Å². The van der Waals surface area contributed by atoms with E-state index in [-0.39, 0.29) is 5.92 Å². The van der Waals surface area contributed by atoms with Gasteiger partial charge in [-0.15, -0.1) is 0 Å². The highest BCUT2D eigenvalue weighted by Crippen LogP contribution is 2.20. The zero-order chi connectivity index (χ0) is 10.4. The second kappa shape index (κ2) is 5.60. The van der Waals surface area contributed by atoms with Gasteiger partial charge in [0.05, 0.1) is 6.10 Å². The first kappa shape index (κ1) is 11.0.